The average Bonchev–Trinajstić information content (AvgIpc) is 2.37. The second-order valence-electron chi connectivity index (χ2n) is 4.49. The summed E-state index contributed by atoms with van der Waals surface area (Å²) in [7, 11) is 0. The number of fused-ring (bicyclic) bond motifs is 1. The van der Waals surface area contributed by atoms with E-state index < -0.39 is 0 Å². The summed E-state index contributed by atoms with van der Waals surface area (Å²) in [4.78, 5) is 2.25. The highest BCUT2D eigenvalue weighted by molar-refractivity contribution is 6.30. The third kappa shape index (κ3) is 2.04. The minimum absolute atomic E-state index is 0.166. The zero-order valence-electron chi connectivity index (χ0n) is 10.1. The number of halogens is 1. The Morgan fingerprint density at radius 3 is 2.83 bits per heavy atom. The van der Waals surface area contributed by atoms with Crippen LogP contribution in [0, 0.1) is 0 Å². The van der Waals surface area contributed by atoms with Gasteiger partial charge in [-0.25, -0.2) is 0 Å². The molecule has 0 amide bonds. The summed E-state index contributed by atoms with van der Waals surface area (Å²) in [5.74, 6) is 0.927. The minimum atomic E-state index is 0.166. The second kappa shape index (κ2) is 4.54. The second-order valence-corrected chi connectivity index (χ2v) is 4.92. The molecule has 0 fully saturated rings. The van der Waals surface area contributed by atoms with Gasteiger partial charge in [-0.2, -0.15) is 0 Å². The molecule has 1 aliphatic heterocycles. The van der Waals surface area contributed by atoms with Crippen LogP contribution in [0.15, 0.2) is 48.5 Å². The fourth-order valence-corrected chi connectivity index (χ4v) is 2.46. The van der Waals surface area contributed by atoms with Gasteiger partial charge in [0.1, 0.15) is 11.9 Å². The number of nitrogens with zero attached hydrogens (tertiary/aromatic N) is 1. The first-order valence-corrected chi connectivity index (χ1v) is 6.40. The van der Waals surface area contributed by atoms with Gasteiger partial charge >= 0.3 is 0 Å². The molecule has 18 heavy (non-hydrogen) atoms. The smallest absolute Gasteiger partial charge is 0.143 e. The van der Waals surface area contributed by atoms with E-state index >= 15 is 0 Å². The van der Waals surface area contributed by atoms with Crippen LogP contribution in [-0.4, -0.2) is 12.6 Å². The first-order valence-electron chi connectivity index (χ1n) is 6.03. The van der Waals surface area contributed by atoms with Crippen molar-refractivity contribution in [2.24, 2.45) is 0 Å². The quantitative estimate of drug-likeness (QED) is 0.759. The fourth-order valence-electron chi connectivity index (χ4n) is 2.28. The molecule has 0 N–H and O–H groups in total. The highest BCUT2D eigenvalue weighted by Gasteiger charge is 2.23. The van der Waals surface area contributed by atoms with E-state index in [4.69, 9.17) is 16.3 Å². The van der Waals surface area contributed by atoms with Crippen molar-refractivity contribution in [3.05, 3.63) is 53.6 Å². The zero-order chi connectivity index (χ0) is 12.5. The fraction of sp³-hybridized carbons (Fsp3) is 0.200. The Labute approximate surface area is 112 Å². The Morgan fingerprint density at radius 2 is 2.00 bits per heavy atom. The van der Waals surface area contributed by atoms with E-state index in [0.29, 0.717) is 0 Å². The van der Waals surface area contributed by atoms with Crippen LogP contribution >= 0.6 is 11.6 Å². The van der Waals surface area contributed by atoms with E-state index in [0.717, 1.165) is 28.7 Å². The van der Waals surface area contributed by atoms with Gasteiger partial charge in [0.15, 0.2) is 0 Å². The van der Waals surface area contributed by atoms with E-state index in [1.54, 1.807) is 0 Å². The van der Waals surface area contributed by atoms with Crippen LogP contribution in [0.2, 0.25) is 5.02 Å². The summed E-state index contributed by atoms with van der Waals surface area (Å²) >= 11 is 6.07. The predicted octanol–water partition coefficient (Wildman–Crippen LogP) is 4.26. The number of ether oxygens (including phenoxy) is 1. The molecule has 2 aromatic carbocycles. The zero-order valence-corrected chi connectivity index (χ0v) is 10.9. The first kappa shape index (κ1) is 11.4. The third-order valence-electron chi connectivity index (χ3n) is 3.04. The molecular formula is C15H14ClNO. The number of hydrogen-bond acceptors (Lipinski definition) is 2. The molecule has 2 nitrogen and oxygen atoms in total. The lowest BCUT2D eigenvalue weighted by molar-refractivity contribution is 0.218. The van der Waals surface area contributed by atoms with Gasteiger partial charge in [0.05, 0.1) is 12.2 Å². The summed E-state index contributed by atoms with van der Waals surface area (Å²) in [6.45, 7) is 2.91. The van der Waals surface area contributed by atoms with E-state index in [1.807, 2.05) is 36.4 Å². The molecule has 0 aromatic heterocycles. The molecule has 0 bridgehead atoms. The number of para-hydroxylation sites is 2. The molecule has 92 valence electrons. The predicted molar refractivity (Wildman–Crippen MR) is 75.0 cm³/mol. The molecule has 0 saturated heterocycles. The average molecular weight is 260 g/mol. The largest absolute Gasteiger partial charge is 0.487 e. The number of rotatable bonds is 1. The van der Waals surface area contributed by atoms with Crippen LogP contribution in [0.4, 0.5) is 11.4 Å². The standard InChI is InChI=1S/C15H14ClNO/c1-11-10-17(13-6-4-5-12(16)9-13)14-7-2-3-8-15(14)18-11/h2-9,11H,10H2,1H3. The van der Waals surface area contributed by atoms with E-state index in [9.17, 15) is 0 Å². The van der Waals surface area contributed by atoms with Crippen molar-refractivity contribution in [3.8, 4) is 5.75 Å². The minimum Gasteiger partial charge on any atom is -0.487 e. The molecule has 1 aliphatic rings. The van der Waals surface area contributed by atoms with E-state index in [2.05, 4.69) is 24.0 Å². The Hall–Kier alpha value is -1.67. The van der Waals surface area contributed by atoms with Gasteiger partial charge in [0.25, 0.3) is 0 Å². The van der Waals surface area contributed by atoms with Gasteiger partial charge in [-0.3, -0.25) is 0 Å². The summed E-state index contributed by atoms with van der Waals surface area (Å²) in [6.07, 6.45) is 0.166. The Morgan fingerprint density at radius 1 is 1.17 bits per heavy atom. The van der Waals surface area contributed by atoms with Crippen molar-refractivity contribution < 1.29 is 4.74 Å². The highest BCUT2D eigenvalue weighted by Crippen LogP contribution is 2.38. The maximum Gasteiger partial charge on any atom is 0.143 e. The number of hydrogen-bond donors (Lipinski definition) is 0. The Balaban J connectivity index is 2.07. The summed E-state index contributed by atoms with van der Waals surface area (Å²) in [6, 6.07) is 16.0. The van der Waals surface area contributed by atoms with E-state index in [-0.39, 0.29) is 6.10 Å². The number of anilines is 2. The SMILES string of the molecule is CC1CN(c2cccc(Cl)c2)c2ccccc2O1. The lowest BCUT2D eigenvalue weighted by Gasteiger charge is -2.35. The topological polar surface area (TPSA) is 12.5 Å². The monoisotopic (exact) mass is 259 g/mol. The van der Waals surface area contributed by atoms with Crippen LogP contribution in [0.5, 0.6) is 5.75 Å². The van der Waals surface area contributed by atoms with Gasteiger partial charge in [0.2, 0.25) is 0 Å². The van der Waals surface area contributed by atoms with Crippen molar-refractivity contribution in [2.75, 3.05) is 11.4 Å². The van der Waals surface area contributed by atoms with Crippen LogP contribution in [0.1, 0.15) is 6.92 Å². The van der Waals surface area contributed by atoms with Crippen LogP contribution < -0.4 is 9.64 Å². The van der Waals surface area contributed by atoms with Gasteiger partial charge in [0, 0.05) is 10.7 Å². The van der Waals surface area contributed by atoms with Crippen molar-refractivity contribution in [3.63, 3.8) is 0 Å². The molecule has 3 heteroatoms. The Kier molecular flexibility index (Phi) is 2.88. The van der Waals surface area contributed by atoms with Gasteiger partial charge in [-0.05, 0) is 37.3 Å². The van der Waals surface area contributed by atoms with Crippen LogP contribution in [0.3, 0.4) is 0 Å². The van der Waals surface area contributed by atoms with Crippen molar-refractivity contribution in [1.82, 2.24) is 0 Å². The lowest BCUT2D eigenvalue weighted by Crippen LogP contribution is -2.35. The molecule has 0 spiro atoms. The molecule has 3 rings (SSSR count). The molecule has 0 radical (unpaired) electrons. The van der Waals surface area contributed by atoms with Gasteiger partial charge < -0.3 is 9.64 Å². The van der Waals surface area contributed by atoms with Crippen molar-refractivity contribution in [2.45, 2.75) is 13.0 Å². The molecule has 2 aromatic rings. The van der Waals surface area contributed by atoms with Crippen molar-refractivity contribution >= 4 is 23.0 Å². The van der Waals surface area contributed by atoms with Crippen LogP contribution in [-0.2, 0) is 0 Å². The lowest BCUT2D eigenvalue weighted by atomic mass is 10.1. The Bertz CT molecular complexity index is 570. The summed E-state index contributed by atoms with van der Waals surface area (Å²) in [5.41, 5.74) is 2.20. The van der Waals surface area contributed by atoms with Crippen molar-refractivity contribution in [1.29, 1.82) is 0 Å². The molecule has 1 heterocycles. The third-order valence-corrected chi connectivity index (χ3v) is 3.28. The number of benzene rings is 2. The maximum atomic E-state index is 6.07. The van der Waals surface area contributed by atoms with Gasteiger partial charge in [-0.1, -0.05) is 29.8 Å². The summed E-state index contributed by atoms with van der Waals surface area (Å²) < 4.78 is 5.84. The normalized spacial score (nSPS) is 18.1. The molecule has 0 saturated carbocycles. The maximum absolute atomic E-state index is 6.07. The highest BCUT2D eigenvalue weighted by atomic mass is 35.5. The van der Waals surface area contributed by atoms with Crippen LogP contribution in [0.25, 0.3) is 0 Å². The van der Waals surface area contributed by atoms with Gasteiger partial charge in [-0.15, -0.1) is 0 Å². The first-order chi connectivity index (χ1) is 8.74. The molecule has 1 unspecified atom stereocenters. The molecule has 0 aliphatic carbocycles. The molecular weight excluding hydrogens is 246 g/mol. The molecule has 1 atom stereocenters. The van der Waals surface area contributed by atoms with E-state index in [1.165, 1.54) is 0 Å². The summed E-state index contributed by atoms with van der Waals surface area (Å²) in [5, 5.41) is 0.754.